The van der Waals surface area contributed by atoms with Crippen molar-refractivity contribution < 1.29 is 4.79 Å². The lowest BCUT2D eigenvalue weighted by molar-refractivity contribution is -0.114. The van der Waals surface area contributed by atoms with E-state index in [9.17, 15) is 9.59 Å². The van der Waals surface area contributed by atoms with E-state index < -0.39 is 0 Å². The van der Waals surface area contributed by atoms with E-state index in [1.165, 1.54) is 5.01 Å². The largest absolute Gasteiger partial charge is 0.321 e. The molecule has 5 nitrogen and oxygen atoms in total. The van der Waals surface area contributed by atoms with Crippen molar-refractivity contribution in [1.29, 1.82) is 0 Å². The maximum Gasteiger partial charge on any atom is 0.280 e. The van der Waals surface area contributed by atoms with Crippen molar-refractivity contribution in [2.75, 3.05) is 5.01 Å². The first-order chi connectivity index (χ1) is 12.5. The normalized spacial score (nSPS) is 15.8. The third kappa shape index (κ3) is 2.82. The van der Waals surface area contributed by atoms with Crippen molar-refractivity contribution in [3.8, 4) is 0 Å². The van der Waals surface area contributed by atoms with Gasteiger partial charge in [0.05, 0.1) is 17.0 Å². The van der Waals surface area contributed by atoms with E-state index in [0.29, 0.717) is 27.6 Å². The lowest BCUT2D eigenvalue weighted by Gasteiger charge is -2.11. The minimum absolute atomic E-state index is 0.252. The summed E-state index contributed by atoms with van der Waals surface area (Å²) < 4.78 is 0. The lowest BCUT2D eigenvalue weighted by Crippen LogP contribution is -2.21. The van der Waals surface area contributed by atoms with Gasteiger partial charge in [-0.2, -0.15) is 10.1 Å². The number of benzene rings is 2. The molecule has 4 rings (SSSR count). The number of aromatic amines is 1. The highest BCUT2D eigenvalue weighted by molar-refractivity contribution is 6.33. The predicted octanol–water partition coefficient (Wildman–Crippen LogP) is 3.99. The Morgan fingerprint density at radius 1 is 1.08 bits per heavy atom. The van der Waals surface area contributed by atoms with Crippen LogP contribution in [0.4, 0.5) is 5.69 Å². The van der Waals surface area contributed by atoms with E-state index in [1.807, 2.05) is 24.3 Å². The molecule has 1 aliphatic heterocycles. The molecule has 0 bridgehead atoms. The van der Waals surface area contributed by atoms with Crippen LogP contribution in [0.5, 0.6) is 0 Å². The Kier molecular flexibility index (Phi) is 3.93. The van der Waals surface area contributed by atoms with Crippen LogP contribution in [0.3, 0.4) is 0 Å². The standard InChI is InChI=1S/C20H14ClN3O2/c1-12-17(20(26)24(23-12)16-7-4-6-15(21)11-16)10-14-9-13-5-2-3-8-18(13)22-19(14)25/h2-11H,1H3,(H,22,25). The number of pyridine rings is 1. The first kappa shape index (κ1) is 16.3. The fourth-order valence-electron chi connectivity index (χ4n) is 2.89. The topological polar surface area (TPSA) is 65.5 Å². The van der Waals surface area contributed by atoms with E-state index in [0.717, 1.165) is 10.9 Å². The van der Waals surface area contributed by atoms with Gasteiger partial charge in [-0.15, -0.1) is 0 Å². The first-order valence-corrected chi connectivity index (χ1v) is 8.40. The molecular weight excluding hydrogens is 350 g/mol. The molecule has 3 aromatic rings. The number of anilines is 1. The molecule has 0 radical (unpaired) electrons. The molecule has 1 N–H and O–H groups in total. The molecule has 0 fully saturated rings. The summed E-state index contributed by atoms with van der Waals surface area (Å²) in [7, 11) is 0. The highest BCUT2D eigenvalue weighted by Gasteiger charge is 2.29. The Balaban J connectivity index is 1.77. The summed E-state index contributed by atoms with van der Waals surface area (Å²) >= 11 is 6.00. The zero-order chi connectivity index (χ0) is 18.3. The molecule has 6 heteroatoms. The molecule has 0 unspecified atom stereocenters. The van der Waals surface area contributed by atoms with Gasteiger partial charge in [-0.05, 0) is 48.7 Å². The second kappa shape index (κ2) is 6.28. The predicted molar refractivity (Wildman–Crippen MR) is 105 cm³/mol. The van der Waals surface area contributed by atoms with E-state index in [1.54, 1.807) is 43.3 Å². The summed E-state index contributed by atoms with van der Waals surface area (Å²) in [6.45, 7) is 1.74. The number of fused-ring (bicyclic) bond motifs is 1. The molecule has 1 aromatic heterocycles. The summed E-state index contributed by atoms with van der Waals surface area (Å²) in [6, 6.07) is 16.2. The first-order valence-electron chi connectivity index (χ1n) is 8.02. The number of nitrogens with zero attached hydrogens (tertiary/aromatic N) is 2. The molecule has 0 saturated heterocycles. The zero-order valence-corrected chi connectivity index (χ0v) is 14.6. The molecule has 2 heterocycles. The monoisotopic (exact) mass is 363 g/mol. The second-order valence-corrected chi connectivity index (χ2v) is 6.42. The Hall–Kier alpha value is -3.18. The Morgan fingerprint density at radius 3 is 2.69 bits per heavy atom. The van der Waals surface area contributed by atoms with Gasteiger partial charge in [-0.3, -0.25) is 9.59 Å². The molecule has 1 aliphatic rings. The van der Waals surface area contributed by atoms with Crippen molar-refractivity contribution in [3.63, 3.8) is 0 Å². The van der Waals surface area contributed by atoms with Crippen LogP contribution < -0.4 is 10.6 Å². The van der Waals surface area contributed by atoms with Gasteiger partial charge in [0.1, 0.15) is 0 Å². The highest BCUT2D eigenvalue weighted by Crippen LogP contribution is 2.26. The van der Waals surface area contributed by atoms with E-state index in [-0.39, 0.29) is 11.5 Å². The van der Waals surface area contributed by atoms with Crippen molar-refractivity contribution >= 4 is 45.9 Å². The molecular formula is C20H14ClN3O2. The number of H-pyrrole nitrogens is 1. The van der Waals surface area contributed by atoms with Gasteiger partial charge in [-0.25, -0.2) is 0 Å². The van der Waals surface area contributed by atoms with Crippen molar-refractivity contribution in [3.05, 3.63) is 81.1 Å². The Bertz CT molecular complexity index is 1160. The van der Waals surface area contributed by atoms with Gasteiger partial charge in [-0.1, -0.05) is 35.9 Å². The number of nitrogens with one attached hydrogen (secondary N) is 1. The van der Waals surface area contributed by atoms with Crippen molar-refractivity contribution in [1.82, 2.24) is 4.98 Å². The van der Waals surface area contributed by atoms with Crippen LogP contribution >= 0.6 is 11.6 Å². The average molecular weight is 364 g/mol. The third-order valence-corrected chi connectivity index (χ3v) is 4.43. The number of aromatic nitrogens is 1. The van der Waals surface area contributed by atoms with Gasteiger partial charge in [0.25, 0.3) is 11.5 Å². The minimum Gasteiger partial charge on any atom is -0.321 e. The number of hydrogen-bond acceptors (Lipinski definition) is 3. The maximum atomic E-state index is 12.8. The fourth-order valence-corrected chi connectivity index (χ4v) is 3.08. The molecule has 2 aromatic carbocycles. The number of hydrazone groups is 1. The van der Waals surface area contributed by atoms with Crippen LogP contribution in [0.2, 0.25) is 5.02 Å². The van der Waals surface area contributed by atoms with Crippen molar-refractivity contribution in [2.45, 2.75) is 6.92 Å². The molecule has 0 aliphatic carbocycles. The van der Waals surface area contributed by atoms with Crippen LogP contribution in [0.25, 0.3) is 17.0 Å². The molecule has 26 heavy (non-hydrogen) atoms. The van der Waals surface area contributed by atoms with Gasteiger partial charge in [0.15, 0.2) is 0 Å². The summed E-state index contributed by atoms with van der Waals surface area (Å²) in [5.74, 6) is -0.294. The Labute approximate surface area is 154 Å². The van der Waals surface area contributed by atoms with E-state index >= 15 is 0 Å². The number of hydrogen-bond donors (Lipinski definition) is 1. The van der Waals surface area contributed by atoms with Crippen LogP contribution in [0, 0.1) is 0 Å². The third-order valence-electron chi connectivity index (χ3n) is 4.20. The fraction of sp³-hybridized carbons (Fsp3) is 0.0500. The number of rotatable bonds is 2. The Morgan fingerprint density at radius 2 is 1.88 bits per heavy atom. The second-order valence-electron chi connectivity index (χ2n) is 5.98. The summed E-state index contributed by atoms with van der Waals surface area (Å²) in [5.41, 5.74) is 2.42. The van der Waals surface area contributed by atoms with Crippen LogP contribution in [0.1, 0.15) is 12.5 Å². The maximum absolute atomic E-state index is 12.8. The van der Waals surface area contributed by atoms with Crippen LogP contribution in [-0.2, 0) is 4.79 Å². The van der Waals surface area contributed by atoms with E-state index in [2.05, 4.69) is 10.1 Å². The molecule has 0 atom stereocenters. The number of carbonyl (C=O) groups is 1. The quantitative estimate of drug-likeness (QED) is 0.700. The zero-order valence-electron chi connectivity index (χ0n) is 13.9. The van der Waals surface area contributed by atoms with Gasteiger partial charge >= 0.3 is 0 Å². The number of halogens is 1. The summed E-state index contributed by atoms with van der Waals surface area (Å²) in [4.78, 5) is 28.0. The number of para-hydroxylation sites is 1. The SMILES string of the molecule is CC1=NN(c2cccc(Cl)c2)C(=O)C1=Cc1cc2ccccc2[nH]c1=O. The lowest BCUT2D eigenvalue weighted by atomic mass is 10.1. The van der Waals surface area contributed by atoms with Crippen molar-refractivity contribution in [2.24, 2.45) is 5.10 Å². The highest BCUT2D eigenvalue weighted by atomic mass is 35.5. The van der Waals surface area contributed by atoms with Crippen LogP contribution in [-0.4, -0.2) is 16.6 Å². The molecule has 0 saturated carbocycles. The summed E-state index contributed by atoms with van der Waals surface area (Å²) in [5, 5.41) is 7.02. The molecule has 128 valence electrons. The van der Waals surface area contributed by atoms with Gasteiger partial charge in [0, 0.05) is 16.1 Å². The number of carbonyl (C=O) groups excluding carboxylic acids is 1. The van der Waals surface area contributed by atoms with Crippen LogP contribution in [0.15, 0.2) is 70.1 Å². The summed E-state index contributed by atoms with van der Waals surface area (Å²) in [6.07, 6.45) is 1.58. The van der Waals surface area contributed by atoms with Gasteiger partial charge < -0.3 is 4.98 Å². The van der Waals surface area contributed by atoms with E-state index in [4.69, 9.17) is 11.6 Å². The molecule has 1 amide bonds. The molecule has 0 spiro atoms. The van der Waals surface area contributed by atoms with Gasteiger partial charge in [0.2, 0.25) is 0 Å². The minimum atomic E-state index is -0.294. The number of amides is 1. The average Bonchev–Trinajstić information content (AvgIpc) is 2.90. The smallest absolute Gasteiger partial charge is 0.280 e.